The lowest BCUT2D eigenvalue weighted by Crippen LogP contribution is -1.91. The molecule has 0 saturated heterocycles. The Kier molecular flexibility index (Phi) is 5.78. The predicted molar refractivity (Wildman–Crippen MR) is 48.5 cm³/mol. The second-order valence-electron chi connectivity index (χ2n) is 1.68. The summed E-state index contributed by atoms with van der Waals surface area (Å²) in [6.07, 6.45) is 0. The van der Waals surface area contributed by atoms with Crippen LogP contribution in [0.15, 0.2) is 4.90 Å². The van der Waals surface area contributed by atoms with E-state index in [1.807, 2.05) is 0 Å². The molecule has 0 radical (unpaired) electrons. The quantitative estimate of drug-likeness (QED) is 0.357. The molecule has 2 heteroatoms. The summed E-state index contributed by atoms with van der Waals surface area (Å²) in [7, 11) is 0. The van der Waals surface area contributed by atoms with Crippen molar-refractivity contribution in [3.63, 3.8) is 0 Å². The summed E-state index contributed by atoms with van der Waals surface area (Å²) in [6, 6.07) is 2.59. The maximum atomic E-state index is 3.91. The molecule has 54 valence electrons. The molecule has 0 atom stereocenters. The van der Waals surface area contributed by atoms with Gasteiger partial charge in [-0.2, -0.15) is 11.8 Å². The minimum Gasteiger partial charge on any atom is -0.446 e. The van der Waals surface area contributed by atoms with Crippen LogP contribution in [-0.4, -0.2) is 6.51 Å². The van der Waals surface area contributed by atoms with Gasteiger partial charge >= 0.3 is 0 Å². The number of rotatable bonds is 0. The molecule has 0 aliphatic heterocycles. The van der Waals surface area contributed by atoms with Crippen LogP contribution in [-0.2, 0) is 0 Å². The van der Waals surface area contributed by atoms with Gasteiger partial charge in [-0.25, -0.2) is 0 Å². The molecule has 0 heterocycles. The topological polar surface area (TPSA) is 12.4 Å². The van der Waals surface area contributed by atoms with Gasteiger partial charge in [-0.05, 0) is 26.8 Å². The molecule has 0 N–H and O–H groups in total. The van der Waals surface area contributed by atoms with Crippen molar-refractivity contribution in [1.29, 1.82) is 0 Å². The highest BCUT2D eigenvalue weighted by atomic mass is 14.6. The van der Waals surface area contributed by atoms with Crippen molar-refractivity contribution in [2.24, 2.45) is 4.90 Å². The molecule has 0 bridgehead atoms. The Labute approximate surface area is 68.4 Å². The first-order valence-corrected chi connectivity index (χ1v) is 3.31. The van der Waals surface area contributed by atoms with Crippen LogP contribution in [0.4, 0.5) is 0 Å². The average Bonchev–Trinajstić information content (AvgIpc) is 2.01. The first kappa shape index (κ1) is 9.54. The molecule has 0 amide bonds. The van der Waals surface area contributed by atoms with E-state index < -0.39 is 0 Å². The molecule has 0 aromatic carbocycles. The minimum atomic E-state index is -0.238. The van der Waals surface area contributed by atoms with Crippen LogP contribution in [0.25, 0.3) is 0 Å². The van der Waals surface area contributed by atoms with Gasteiger partial charge in [0.05, 0.1) is 0 Å². The zero-order valence-corrected chi connectivity index (χ0v) is 7.02. The van der Waals surface area contributed by atoms with Gasteiger partial charge in [-0.1, -0.05) is 5.92 Å². The molecule has 0 aliphatic carbocycles. The first-order valence-electron chi connectivity index (χ1n) is 3.31. The maximum absolute atomic E-state index is 3.91. The van der Waals surface area contributed by atoms with Gasteiger partial charge in [0, 0.05) is 0 Å². The monoisotopic (exact) mass is 142 g/mol. The second-order valence-corrected chi connectivity index (χ2v) is 1.68. The zero-order valence-electron chi connectivity index (χ0n) is 7.02. The summed E-state index contributed by atoms with van der Waals surface area (Å²) in [5, 5.41) is 0. The molecule has 0 saturated carbocycles. The number of nitrogens with zero attached hydrogens (tertiary/aromatic N) is 1. The van der Waals surface area contributed by atoms with Crippen molar-refractivity contribution in [3.8, 4) is 35.4 Å². The van der Waals surface area contributed by atoms with Crippen LogP contribution in [0.1, 0.15) is 20.8 Å². The molecule has 0 aromatic heterocycles. The lowest BCUT2D eigenvalue weighted by molar-refractivity contribution is 1.71. The van der Waals surface area contributed by atoms with E-state index in [1.54, 1.807) is 20.8 Å². The largest absolute Gasteiger partial charge is 0.446 e. The third-order valence-electron chi connectivity index (χ3n) is 0.868. The van der Waals surface area contributed by atoms with E-state index in [1.165, 1.54) is 0 Å². The Morgan fingerprint density at radius 2 is 1.45 bits per heavy atom. The molecular weight excluding hydrogens is 133 g/mol. The van der Waals surface area contributed by atoms with E-state index in [0.29, 0.717) is 0 Å². The molecule has 1 nitrogen and oxygen atoms in total. The van der Waals surface area contributed by atoms with E-state index in [-0.39, 0.29) is 6.51 Å². The first-order chi connectivity index (χ1) is 5.35. The van der Waals surface area contributed by atoms with Crippen molar-refractivity contribution >= 4 is 6.51 Å². The van der Waals surface area contributed by atoms with Gasteiger partial charge in [0.2, 0.25) is 0 Å². The SMILES string of the molecule is CC#CN=[B-](C#CC)C#CC. The molecule has 0 fully saturated rings. The van der Waals surface area contributed by atoms with Crippen molar-refractivity contribution in [2.75, 3.05) is 0 Å². The van der Waals surface area contributed by atoms with Crippen molar-refractivity contribution in [3.05, 3.63) is 0 Å². The Hall–Kier alpha value is -1.46. The molecule has 0 aromatic rings. The molecule has 0 unspecified atom stereocenters. The summed E-state index contributed by atoms with van der Waals surface area (Å²) in [5.74, 6) is 13.8. The summed E-state index contributed by atoms with van der Waals surface area (Å²) < 4.78 is 0. The summed E-state index contributed by atoms with van der Waals surface area (Å²) in [6.45, 7) is 5.02. The molecule has 0 spiro atoms. The predicted octanol–water partition coefficient (Wildman–Crippen LogP) is 1.35. The third-order valence-corrected chi connectivity index (χ3v) is 0.868. The van der Waals surface area contributed by atoms with Gasteiger partial charge in [0.25, 0.3) is 0 Å². The zero-order chi connectivity index (χ0) is 8.53. The Balaban J connectivity index is 4.59. The average molecular weight is 142 g/mol. The van der Waals surface area contributed by atoms with Gasteiger partial charge < -0.3 is 4.90 Å². The van der Waals surface area contributed by atoms with Crippen LogP contribution in [0.2, 0.25) is 0 Å². The smallest absolute Gasteiger partial charge is 0.126 e. The standard InChI is InChI=1S/C9H9BN/c1-4-7-10(8-5-2)11-9-6-3/h1-3H3/q-1. The van der Waals surface area contributed by atoms with Crippen LogP contribution < -0.4 is 0 Å². The summed E-state index contributed by atoms with van der Waals surface area (Å²) in [5.41, 5.74) is 0. The Morgan fingerprint density at radius 3 is 1.82 bits per heavy atom. The van der Waals surface area contributed by atoms with Crippen molar-refractivity contribution < 1.29 is 0 Å². The fourth-order valence-corrected chi connectivity index (χ4v) is 0.503. The molecular formula is C9H9BN-. The Bertz CT molecular complexity index is 298. The fourth-order valence-electron chi connectivity index (χ4n) is 0.503. The molecule has 0 rings (SSSR count). The summed E-state index contributed by atoms with van der Waals surface area (Å²) >= 11 is 0. The Morgan fingerprint density at radius 1 is 0.909 bits per heavy atom. The van der Waals surface area contributed by atoms with E-state index in [2.05, 4.69) is 40.3 Å². The highest BCUT2D eigenvalue weighted by Crippen LogP contribution is 1.70. The normalized spacial score (nSPS) is 5.36. The number of hydrogen-bond donors (Lipinski definition) is 0. The van der Waals surface area contributed by atoms with Crippen LogP contribution in [0.5, 0.6) is 0 Å². The minimum absolute atomic E-state index is 0.238. The van der Waals surface area contributed by atoms with Crippen LogP contribution in [0, 0.1) is 35.4 Å². The van der Waals surface area contributed by atoms with Gasteiger partial charge in [0.15, 0.2) is 0 Å². The maximum Gasteiger partial charge on any atom is 0.126 e. The number of hydrogen-bond acceptors (Lipinski definition) is 1. The molecule has 11 heavy (non-hydrogen) atoms. The lowest BCUT2D eigenvalue weighted by atomic mass is 9.73. The second kappa shape index (κ2) is 6.66. The van der Waals surface area contributed by atoms with E-state index >= 15 is 0 Å². The fraction of sp³-hybridized carbons (Fsp3) is 0.333. The van der Waals surface area contributed by atoms with E-state index in [4.69, 9.17) is 0 Å². The highest BCUT2D eigenvalue weighted by Gasteiger charge is 1.67. The third kappa shape index (κ3) is 5.01. The van der Waals surface area contributed by atoms with Crippen molar-refractivity contribution in [2.45, 2.75) is 20.8 Å². The van der Waals surface area contributed by atoms with Crippen LogP contribution >= 0.6 is 0 Å². The van der Waals surface area contributed by atoms with E-state index in [0.717, 1.165) is 0 Å². The highest BCUT2D eigenvalue weighted by molar-refractivity contribution is 6.65. The van der Waals surface area contributed by atoms with Gasteiger partial charge in [-0.3, -0.25) is 11.6 Å². The lowest BCUT2D eigenvalue weighted by Gasteiger charge is -1.92. The summed E-state index contributed by atoms with van der Waals surface area (Å²) in [4.78, 5) is 3.91. The van der Waals surface area contributed by atoms with Gasteiger partial charge in [-0.15, -0.1) is 0 Å². The van der Waals surface area contributed by atoms with Crippen molar-refractivity contribution in [1.82, 2.24) is 0 Å². The van der Waals surface area contributed by atoms with Gasteiger partial charge in [0.1, 0.15) is 6.51 Å². The molecule has 0 aliphatic rings. The van der Waals surface area contributed by atoms with E-state index in [9.17, 15) is 0 Å². The van der Waals surface area contributed by atoms with Crippen LogP contribution in [0.3, 0.4) is 0 Å².